The SMILES string of the molecule is CCC[C@@H](C(=O)N[C@@H](C[C@@H]1CCNC1=O)C(=O)C(=O)NC1CC1)N(C)C(=O)[C@H](NC(=O)C1CCCCC1)C1CCCC1. The topological polar surface area (TPSA) is 154 Å². The van der Waals surface area contributed by atoms with Crippen LogP contribution in [0.15, 0.2) is 0 Å². The number of hydrogen-bond donors (Lipinski definition) is 4. The second-order valence-electron chi connectivity index (χ2n) is 12.8. The van der Waals surface area contributed by atoms with E-state index in [1.165, 1.54) is 4.90 Å². The highest BCUT2D eigenvalue weighted by atomic mass is 16.2. The largest absolute Gasteiger partial charge is 0.356 e. The third kappa shape index (κ3) is 8.31. The maximum absolute atomic E-state index is 14.0. The molecule has 3 saturated carbocycles. The van der Waals surface area contributed by atoms with Gasteiger partial charge in [-0.15, -0.1) is 0 Å². The number of hydrogen-bond acceptors (Lipinski definition) is 6. The summed E-state index contributed by atoms with van der Waals surface area (Å²) >= 11 is 0. The minimum absolute atomic E-state index is 0.0131. The number of amides is 5. The van der Waals surface area contributed by atoms with E-state index >= 15 is 0 Å². The standard InChI is InChI=1S/C31H49N5O6/c1-3-9-24(29(40)34-23(18-21-16-17-32-27(21)38)26(37)30(41)33-22-14-15-22)36(2)31(42)25(19-10-7-8-11-19)35-28(39)20-12-5-4-6-13-20/h19-25H,3-18H2,1-2H3,(H,32,38)(H,33,41)(H,34,40)(H,35,39)/t21-,23-,24-,25+/m0/s1. The molecule has 0 unspecified atom stereocenters. The molecule has 0 aromatic heterocycles. The second kappa shape index (κ2) is 15.0. The quantitative estimate of drug-likeness (QED) is 0.227. The summed E-state index contributed by atoms with van der Waals surface area (Å²) in [5.74, 6) is -3.21. The van der Waals surface area contributed by atoms with E-state index in [4.69, 9.17) is 0 Å². The minimum atomic E-state index is -1.18. The summed E-state index contributed by atoms with van der Waals surface area (Å²) in [6.07, 6.45) is 11.6. The smallest absolute Gasteiger partial charge is 0.289 e. The van der Waals surface area contributed by atoms with E-state index in [1.54, 1.807) is 7.05 Å². The van der Waals surface area contributed by atoms with E-state index in [9.17, 15) is 28.8 Å². The highest BCUT2D eigenvalue weighted by Crippen LogP contribution is 2.30. The first-order valence-electron chi connectivity index (χ1n) is 16.2. The zero-order chi connectivity index (χ0) is 30.2. The number of carbonyl (C=O) groups excluding carboxylic acids is 6. The van der Waals surface area contributed by atoms with Gasteiger partial charge in [0.15, 0.2) is 0 Å². The molecule has 0 bridgehead atoms. The van der Waals surface area contributed by atoms with Gasteiger partial charge in [0.2, 0.25) is 29.4 Å². The monoisotopic (exact) mass is 587 g/mol. The molecule has 3 aliphatic carbocycles. The molecule has 4 fully saturated rings. The van der Waals surface area contributed by atoms with Crippen molar-refractivity contribution in [2.75, 3.05) is 13.6 Å². The van der Waals surface area contributed by atoms with Crippen molar-refractivity contribution < 1.29 is 28.8 Å². The number of nitrogens with zero attached hydrogens (tertiary/aromatic N) is 1. The van der Waals surface area contributed by atoms with Crippen molar-refractivity contribution in [2.24, 2.45) is 17.8 Å². The number of rotatable bonds is 14. The summed E-state index contributed by atoms with van der Waals surface area (Å²) in [6, 6.07) is -2.80. The Bertz CT molecular complexity index is 1020. The van der Waals surface area contributed by atoms with Crippen LogP contribution >= 0.6 is 0 Å². The number of likely N-dealkylation sites (N-methyl/N-ethyl adjacent to an activating group) is 1. The fourth-order valence-corrected chi connectivity index (χ4v) is 6.75. The average Bonchev–Trinajstić information content (AvgIpc) is 3.45. The Labute approximate surface area is 249 Å². The number of carbonyl (C=O) groups is 6. The molecular weight excluding hydrogens is 538 g/mol. The van der Waals surface area contributed by atoms with Crippen LogP contribution in [-0.4, -0.2) is 78.0 Å². The van der Waals surface area contributed by atoms with Gasteiger partial charge in [0.05, 0.1) is 6.04 Å². The Kier molecular flexibility index (Phi) is 11.4. The van der Waals surface area contributed by atoms with Gasteiger partial charge in [0.25, 0.3) is 5.91 Å². The Morgan fingerprint density at radius 2 is 1.57 bits per heavy atom. The van der Waals surface area contributed by atoms with Crippen molar-refractivity contribution in [3.63, 3.8) is 0 Å². The van der Waals surface area contributed by atoms with Gasteiger partial charge in [-0.25, -0.2) is 0 Å². The Hall–Kier alpha value is -2.98. The molecule has 11 heteroatoms. The number of Topliss-reactive ketones (excluding diaryl/α,β-unsaturated/α-hetero) is 1. The van der Waals surface area contributed by atoms with Crippen LogP contribution in [0.2, 0.25) is 0 Å². The molecule has 4 atom stereocenters. The van der Waals surface area contributed by atoms with Gasteiger partial charge in [-0.1, -0.05) is 45.4 Å². The molecule has 1 aliphatic heterocycles. The van der Waals surface area contributed by atoms with E-state index in [0.29, 0.717) is 25.8 Å². The fourth-order valence-electron chi connectivity index (χ4n) is 6.75. The van der Waals surface area contributed by atoms with Crippen LogP contribution < -0.4 is 21.3 Å². The van der Waals surface area contributed by atoms with Crippen molar-refractivity contribution in [2.45, 2.75) is 127 Å². The van der Waals surface area contributed by atoms with Crippen LogP contribution in [0.25, 0.3) is 0 Å². The molecule has 0 spiro atoms. The van der Waals surface area contributed by atoms with E-state index in [0.717, 1.165) is 70.6 Å². The maximum atomic E-state index is 14.0. The molecule has 0 aromatic carbocycles. The summed E-state index contributed by atoms with van der Waals surface area (Å²) in [4.78, 5) is 80.5. The molecule has 0 radical (unpaired) electrons. The Balaban J connectivity index is 1.48. The molecule has 1 saturated heterocycles. The van der Waals surface area contributed by atoms with E-state index in [2.05, 4.69) is 21.3 Å². The maximum Gasteiger partial charge on any atom is 0.289 e. The summed E-state index contributed by atoms with van der Waals surface area (Å²) in [6.45, 7) is 2.39. The van der Waals surface area contributed by atoms with Crippen LogP contribution in [0.1, 0.15) is 103 Å². The summed E-state index contributed by atoms with van der Waals surface area (Å²) in [7, 11) is 1.58. The molecule has 4 aliphatic rings. The molecule has 4 N–H and O–H groups in total. The van der Waals surface area contributed by atoms with Crippen molar-refractivity contribution >= 4 is 35.3 Å². The second-order valence-corrected chi connectivity index (χ2v) is 12.8. The first-order valence-corrected chi connectivity index (χ1v) is 16.2. The normalized spacial score (nSPS) is 23.4. The van der Waals surface area contributed by atoms with Gasteiger partial charge in [0, 0.05) is 31.5 Å². The summed E-state index contributed by atoms with van der Waals surface area (Å²) < 4.78 is 0. The average molecular weight is 588 g/mol. The molecule has 42 heavy (non-hydrogen) atoms. The summed E-state index contributed by atoms with van der Waals surface area (Å²) in [5.41, 5.74) is 0. The lowest BCUT2D eigenvalue weighted by Gasteiger charge is -2.34. The van der Waals surface area contributed by atoms with Gasteiger partial charge in [-0.05, 0) is 63.7 Å². The first-order chi connectivity index (χ1) is 20.2. The Morgan fingerprint density at radius 3 is 2.17 bits per heavy atom. The zero-order valence-electron chi connectivity index (χ0n) is 25.3. The molecule has 1 heterocycles. The van der Waals surface area contributed by atoms with E-state index in [1.807, 2.05) is 6.92 Å². The van der Waals surface area contributed by atoms with Gasteiger partial charge in [-0.2, -0.15) is 0 Å². The van der Waals surface area contributed by atoms with Crippen LogP contribution in [-0.2, 0) is 28.8 Å². The van der Waals surface area contributed by atoms with Crippen molar-refractivity contribution in [1.82, 2.24) is 26.2 Å². The van der Waals surface area contributed by atoms with Crippen LogP contribution in [0, 0.1) is 17.8 Å². The van der Waals surface area contributed by atoms with Gasteiger partial charge in [0.1, 0.15) is 12.1 Å². The Morgan fingerprint density at radius 1 is 0.905 bits per heavy atom. The van der Waals surface area contributed by atoms with Crippen molar-refractivity contribution in [1.29, 1.82) is 0 Å². The van der Waals surface area contributed by atoms with Crippen LogP contribution in [0.4, 0.5) is 0 Å². The summed E-state index contributed by atoms with van der Waals surface area (Å²) in [5, 5.41) is 11.3. The lowest BCUT2D eigenvalue weighted by molar-refractivity contribution is -0.145. The van der Waals surface area contributed by atoms with Crippen LogP contribution in [0.3, 0.4) is 0 Å². The molecule has 0 aromatic rings. The molecule has 234 valence electrons. The van der Waals surface area contributed by atoms with Gasteiger partial charge >= 0.3 is 0 Å². The van der Waals surface area contributed by atoms with E-state index in [-0.39, 0.29) is 42.0 Å². The molecule has 4 rings (SSSR count). The number of ketones is 1. The number of nitrogens with one attached hydrogen (secondary N) is 4. The predicted octanol–water partition coefficient (Wildman–Crippen LogP) is 1.73. The predicted molar refractivity (Wildman–Crippen MR) is 156 cm³/mol. The van der Waals surface area contributed by atoms with E-state index < -0.39 is 41.6 Å². The minimum Gasteiger partial charge on any atom is -0.356 e. The lowest BCUT2D eigenvalue weighted by atomic mass is 9.87. The first kappa shape index (κ1) is 31.9. The van der Waals surface area contributed by atoms with Crippen LogP contribution in [0.5, 0.6) is 0 Å². The molecule has 5 amide bonds. The van der Waals surface area contributed by atoms with Crippen molar-refractivity contribution in [3.05, 3.63) is 0 Å². The van der Waals surface area contributed by atoms with Gasteiger partial charge in [-0.3, -0.25) is 28.8 Å². The third-order valence-electron chi connectivity index (χ3n) is 9.54. The lowest BCUT2D eigenvalue weighted by Crippen LogP contribution is -2.59. The zero-order valence-corrected chi connectivity index (χ0v) is 25.3. The fraction of sp³-hybridized carbons (Fsp3) is 0.806. The highest BCUT2D eigenvalue weighted by molar-refractivity contribution is 6.38. The third-order valence-corrected chi connectivity index (χ3v) is 9.54. The molecular formula is C31H49N5O6. The molecule has 11 nitrogen and oxygen atoms in total. The van der Waals surface area contributed by atoms with Crippen molar-refractivity contribution in [3.8, 4) is 0 Å². The van der Waals surface area contributed by atoms with Gasteiger partial charge < -0.3 is 26.2 Å². The highest BCUT2D eigenvalue weighted by Gasteiger charge is 2.41.